The number of benzene rings is 3. The largest absolute Gasteiger partial charge is 0.353 e. The minimum Gasteiger partial charge on any atom is -0.353 e. The third kappa shape index (κ3) is 1.86. The lowest BCUT2D eigenvalue weighted by Crippen LogP contribution is -2.00. The van der Waals surface area contributed by atoms with E-state index in [1.165, 1.54) is 0 Å². The van der Waals surface area contributed by atoms with Gasteiger partial charge in [0.2, 0.25) is 0 Å². The van der Waals surface area contributed by atoms with Crippen LogP contribution in [-0.2, 0) is 0 Å². The van der Waals surface area contributed by atoms with Crippen LogP contribution in [0.2, 0.25) is 0 Å². The van der Waals surface area contributed by atoms with Crippen LogP contribution >= 0.6 is 0 Å². The number of anilines is 2. The number of nitrogens with one attached hydrogen (secondary N) is 1. The molecule has 4 aromatic rings. The van der Waals surface area contributed by atoms with Crippen molar-refractivity contribution in [1.29, 1.82) is 0 Å². The minimum atomic E-state index is 0.844. The molecule has 4 nitrogen and oxygen atoms in total. The van der Waals surface area contributed by atoms with Gasteiger partial charge in [-0.3, -0.25) is 4.57 Å². The molecule has 1 aromatic heterocycles. The summed E-state index contributed by atoms with van der Waals surface area (Å²) in [5, 5.41) is 12.5. The Labute approximate surface area is 139 Å². The maximum atomic E-state index is 4.51. The summed E-state index contributed by atoms with van der Waals surface area (Å²) in [5.41, 5.74) is 5.22. The van der Waals surface area contributed by atoms with E-state index in [1.807, 2.05) is 42.5 Å². The molecular weight excluding hydrogens is 296 g/mol. The zero-order chi connectivity index (χ0) is 15.9. The molecule has 4 heteroatoms. The van der Waals surface area contributed by atoms with Gasteiger partial charge in [0.25, 0.3) is 0 Å². The van der Waals surface area contributed by atoms with Crippen molar-refractivity contribution in [3.05, 3.63) is 78.9 Å². The van der Waals surface area contributed by atoms with Gasteiger partial charge in [-0.15, -0.1) is 10.2 Å². The number of hydrogen-bond acceptors (Lipinski definition) is 3. The number of aromatic nitrogens is 3. The maximum absolute atomic E-state index is 4.51. The first kappa shape index (κ1) is 13.1. The van der Waals surface area contributed by atoms with Crippen molar-refractivity contribution in [2.45, 2.75) is 0 Å². The average Bonchev–Trinajstić information content (AvgIpc) is 3.02. The first-order valence-corrected chi connectivity index (χ1v) is 7.88. The van der Waals surface area contributed by atoms with Crippen LogP contribution in [0.4, 0.5) is 11.4 Å². The fourth-order valence-corrected chi connectivity index (χ4v) is 3.17. The van der Waals surface area contributed by atoms with Crippen LogP contribution in [0.3, 0.4) is 0 Å². The molecule has 1 aliphatic rings. The van der Waals surface area contributed by atoms with Gasteiger partial charge in [-0.1, -0.05) is 54.6 Å². The number of hydrogen-bond donors (Lipinski definition) is 1. The molecule has 5 rings (SSSR count). The molecule has 0 bridgehead atoms. The normalized spacial score (nSPS) is 11.7. The fourth-order valence-electron chi connectivity index (χ4n) is 3.17. The Morgan fingerprint density at radius 1 is 0.625 bits per heavy atom. The summed E-state index contributed by atoms with van der Waals surface area (Å²) >= 11 is 0. The quantitative estimate of drug-likeness (QED) is 0.490. The summed E-state index contributed by atoms with van der Waals surface area (Å²) in [6, 6.07) is 26.6. The topological polar surface area (TPSA) is 42.7 Å². The third-order valence-corrected chi connectivity index (χ3v) is 4.28. The highest BCUT2D eigenvalue weighted by molar-refractivity contribution is 5.86. The zero-order valence-corrected chi connectivity index (χ0v) is 12.8. The van der Waals surface area contributed by atoms with E-state index < -0.39 is 0 Å². The lowest BCUT2D eigenvalue weighted by atomic mass is 10.1. The Morgan fingerprint density at radius 3 is 2.17 bits per heavy atom. The van der Waals surface area contributed by atoms with E-state index in [4.69, 9.17) is 0 Å². The van der Waals surface area contributed by atoms with Gasteiger partial charge in [0.1, 0.15) is 0 Å². The highest BCUT2D eigenvalue weighted by atomic mass is 15.3. The molecule has 0 fully saturated rings. The van der Waals surface area contributed by atoms with E-state index >= 15 is 0 Å². The molecule has 0 amide bonds. The average molecular weight is 310 g/mol. The molecule has 114 valence electrons. The van der Waals surface area contributed by atoms with E-state index in [9.17, 15) is 0 Å². The van der Waals surface area contributed by atoms with Crippen molar-refractivity contribution < 1.29 is 0 Å². The Hall–Kier alpha value is -3.40. The van der Waals surface area contributed by atoms with Crippen LogP contribution in [0.25, 0.3) is 28.5 Å². The van der Waals surface area contributed by atoms with Crippen molar-refractivity contribution in [3.63, 3.8) is 0 Å². The van der Waals surface area contributed by atoms with Crippen LogP contribution in [0.1, 0.15) is 0 Å². The Kier molecular flexibility index (Phi) is 2.76. The van der Waals surface area contributed by atoms with E-state index in [2.05, 4.69) is 56.5 Å². The second kappa shape index (κ2) is 5.06. The molecule has 24 heavy (non-hydrogen) atoms. The molecule has 1 N–H and O–H groups in total. The highest BCUT2D eigenvalue weighted by Crippen LogP contribution is 2.39. The van der Waals surface area contributed by atoms with Crippen molar-refractivity contribution in [2.24, 2.45) is 0 Å². The summed E-state index contributed by atoms with van der Waals surface area (Å²) in [6.07, 6.45) is 0. The lowest BCUT2D eigenvalue weighted by Gasteiger charge is -2.11. The molecule has 0 saturated carbocycles. The summed E-state index contributed by atoms with van der Waals surface area (Å²) in [7, 11) is 0. The van der Waals surface area contributed by atoms with Crippen molar-refractivity contribution >= 4 is 11.4 Å². The van der Waals surface area contributed by atoms with Gasteiger partial charge in [0.05, 0.1) is 11.4 Å². The van der Waals surface area contributed by atoms with E-state index in [0.29, 0.717) is 0 Å². The molecule has 0 unspecified atom stereocenters. The van der Waals surface area contributed by atoms with E-state index in [0.717, 1.165) is 39.8 Å². The van der Waals surface area contributed by atoms with Crippen LogP contribution in [0, 0.1) is 0 Å². The molecular formula is C20H14N4. The first-order valence-electron chi connectivity index (χ1n) is 7.88. The second-order valence-corrected chi connectivity index (χ2v) is 5.74. The number of para-hydroxylation sites is 3. The Morgan fingerprint density at radius 2 is 1.29 bits per heavy atom. The molecule has 0 spiro atoms. The van der Waals surface area contributed by atoms with Crippen molar-refractivity contribution in [3.8, 4) is 28.5 Å². The SMILES string of the molecule is c1ccc(-c2nnc3n2-c2ccccc2Nc2ccccc2-3)cc1. The van der Waals surface area contributed by atoms with Gasteiger partial charge in [-0.25, -0.2) is 0 Å². The first-order chi connectivity index (χ1) is 11.9. The molecule has 1 aliphatic heterocycles. The Bertz CT molecular complexity index is 1030. The van der Waals surface area contributed by atoms with Gasteiger partial charge < -0.3 is 5.32 Å². The lowest BCUT2D eigenvalue weighted by molar-refractivity contribution is 1.08. The summed E-state index contributed by atoms with van der Waals surface area (Å²) in [5.74, 6) is 1.69. The molecule has 3 aromatic carbocycles. The minimum absolute atomic E-state index is 0.844. The van der Waals surface area contributed by atoms with Crippen LogP contribution in [0.15, 0.2) is 78.9 Å². The highest BCUT2D eigenvalue weighted by Gasteiger charge is 2.23. The van der Waals surface area contributed by atoms with Gasteiger partial charge in [-0.05, 0) is 24.3 Å². The molecule has 0 atom stereocenters. The number of nitrogens with zero attached hydrogens (tertiary/aromatic N) is 3. The summed E-state index contributed by atoms with van der Waals surface area (Å²) < 4.78 is 2.13. The summed E-state index contributed by atoms with van der Waals surface area (Å²) in [6.45, 7) is 0. The Balaban J connectivity index is 1.88. The third-order valence-electron chi connectivity index (χ3n) is 4.28. The van der Waals surface area contributed by atoms with E-state index in [-0.39, 0.29) is 0 Å². The predicted molar refractivity (Wildman–Crippen MR) is 95.5 cm³/mol. The van der Waals surface area contributed by atoms with E-state index in [1.54, 1.807) is 0 Å². The maximum Gasteiger partial charge on any atom is 0.171 e. The second-order valence-electron chi connectivity index (χ2n) is 5.74. The van der Waals surface area contributed by atoms with Crippen LogP contribution in [-0.4, -0.2) is 14.8 Å². The predicted octanol–water partition coefficient (Wildman–Crippen LogP) is 4.66. The smallest absolute Gasteiger partial charge is 0.171 e. The van der Waals surface area contributed by atoms with Crippen LogP contribution in [0.5, 0.6) is 0 Å². The molecule has 0 aliphatic carbocycles. The van der Waals surface area contributed by atoms with Gasteiger partial charge in [-0.2, -0.15) is 0 Å². The zero-order valence-electron chi connectivity index (χ0n) is 12.8. The number of rotatable bonds is 1. The van der Waals surface area contributed by atoms with Crippen molar-refractivity contribution in [2.75, 3.05) is 5.32 Å². The monoisotopic (exact) mass is 310 g/mol. The molecule has 0 saturated heterocycles. The summed E-state index contributed by atoms with van der Waals surface area (Å²) in [4.78, 5) is 0. The standard InChI is InChI=1S/C20H14N4/c1-2-8-14(9-3-1)19-22-23-20-15-10-4-5-11-16(15)21-17-12-6-7-13-18(17)24(19)20/h1-13,21H. The van der Waals surface area contributed by atoms with Gasteiger partial charge in [0, 0.05) is 16.8 Å². The van der Waals surface area contributed by atoms with Gasteiger partial charge >= 0.3 is 0 Å². The molecule has 2 heterocycles. The fraction of sp³-hybridized carbons (Fsp3) is 0. The van der Waals surface area contributed by atoms with Crippen LogP contribution < -0.4 is 5.32 Å². The van der Waals surface area contributed by atoms with Crippen molar-refractivity contribution in [1.82, 2.24) is 14.8 Å². The number of fused-ring (bicyclic) bond motifs is 5. The molecule has 0 radical (unpaired) electrons. The van der Waals surface area contributed by atoms with Gasteiger partial charge in [0.15, 0.2) is 11.6 Å².